The molecule has 2 aliphatic heterocycles. The van der Waals surface area contributed by atoms with E-state index in [1.54, 1.807) is 0 Å². The highest BCUT2D eigenvalue weighted by Crippen LogP contribution is 2.27. The molecule has 9 heteroatoms. The Kier molecular flexibility index (Phi) is 4.29. The first-order valence-corrected chi connectivity index (χ1v) is 9.33. The monoisotopic (exact) mass is 358 g/mol. The minimum atomic E-state index is -3.12. The normalized spacial score (nSPS) is 25.9. The number of carbonyl (C=O) groups is 2. The van der Waals surface area contributed by atoms with Gasteiger partial charge in [0.15, 0.2) is 21.5 Å². The van der Waals surface area contributed by atoms with E-state index in [1.165, 1.54) is 11.0 Å². The summed E-state index contributed by atoms with van der Waals surface area (Å²) in [6.45, 7) is 0.133. The standard InChI is InChI=1S/C15H16F2N2O4S/c16-12-2-1-10(6-13(12)17)18-15(21)9-5-14(20)19(7-9)11-3-4-24(22,23)8-11/h1-2,6,9,11H,3-5,7-8H2,(H,18,21). The molecule has 130 valence electrons. The predicted molar refractivity (Wildman–Crippen MR) is 81.9 cm³/mol. The first-order valence-electron chi connectivity index (χ1n) is 7.51. The quantitative estimate of drug-likeness (QED) is 0.872. The van der Waals surface area contributed by atoms with Gasteiger partial charge in [-0.05, 0) is 18.6 Å². The van der Waals surface area contributed by atoms with E-state index in [9.17, 15) is 26.8 Å². The molecular weight excluding hydrogens is 342 g/mol. The van der Waals surface area contributed by atoms with Gasteiger partial charge in [0.25, 0.3) is 0 Å². The Morgan fingerprint density at radius 2 is 2.00 bits per heavy atom. The van der Waals surface area contributed by atoms with Crippen molar-refractivity contribution in [3.05, 3.63) is 29.8 Å². The van der Waals surface area contributed by atoms with Gasteiger partial charge in [-0.1, -0.05) is 0 Å². The topological polar surface area (TPSA) is 83.6 Å². The number of halogens is 2. The molecule has 3 rings (SSSR count). The molecule has 2 heterocycles. The van der Waals surface area contributed by atoms with Crippen molar-refractivity contribution in [2.75, 3.05) is 23.4 Å². The van der Waals surface area contributed by atoms with Crippen LogP contribution in [0.3, 0.4) is 0 Å². The summed E-state index contributed by atoms with van der Waals surface area (Å²) in [5, 5.41) is 2.46. The summed E-state index contributed by atoms with van der Waals surface area (Å²) in [4.78, 5) is 25.7. The van der Waals surface area contributed by atoms with Crippen LogP contribution in [0.1, 0.15) is 12.8 Å². The van der Waals surface area contributed by atoms with Crippen molar-refractivity contribution < 1.29 is 26.8 Å². The summed E-state index contributed by atoms with van der Waals surface area (Å²) < 4.78 is 49.1. The highest BCUT2D eigenvalue weighted by atomic mass is 32.2. The summed E-state index contributed by atoms with van der Waals surface area (Å²) >= 11 is 0. The van der Waals surface area contributed by atoms with Crippen molar-refractivity contribution in [2.45, 2.75) is 18.9 Å². The number of rotatable bonds is 3. The molecule has 2 atom stereocenters. The van der Waals surface area contributed by atoms with Crippen LogP contribution in [0.25, 0.3) is 0 Å². The SMILES string of the molecule is O=C(Nc1ccc(F)c(F)c1)C1CC(=O)N(C2CCS(=O)(=O)C2)C1. The van der Waals surface area contributed by atoms with Crippen LogP contribution < -0.4 is 5.32 Å². The fraction of sp³-hybridized carbons (Fsp3) is 0.467. The van der Waals surface area contributed by atoms with Crippen molar-refractivity contribution in [2.24, 2.45) is 5.92 Å². The average molecular weight is 358 g/mol. The van der Waals surface area contributed by atoms with Crippen LogP contribution >= 0.6 is 0 Å². The molecule has 0 spiro atoms. The van der Waals surface area contributed by atoms with E-state index in [0.717, 1.165) is 12.1 Å². The highest BCUT2D eigenvalue weighted by Gasteiger charge is 2.41. The summed E-state index contributed by atoms with van der Waals surface area (Å²) in [5.41, 5.74) is 0.105. The van der Waals surface area contributed by atoms with Crippen molar-refractivity contribution in [3.8, 4) is 0 Å². The van der Waals surface area contributed by atoms with Crippen molar-refractivity contribution in [1.29, 1.82) is 0 Å². The zero-order valence-electron chi connectivity index (χ0n) is 12.7. The molecule has 0 bridgehead atoms. The maximum Gasteiger partial charge on any atom is 0.229 e. The molecule has 0 radical (unpaired) electrons. The zero-order chi connectivity index (χ0) is 17.5. The first-order chi connectivity index (χ1) is 11.2. The molecule has 2 aliphatic rings. The predicted octanol–water partition coefficient (Wildman–Crippen LogP) is 0.939. The van der Waals surface area contributed by atoms with Crippen LogP contribution in [0.5, 0.6) is 0 Å². The Hall–Kier alpha value is -2.03. The number of sulfone groups is 1. The second-order valence-corrected chi connectivity index (χ2v) is 8.35. The molecule has 2 saturated heterocycles. The molecule has 0 saturated carbocycles. The van der Waals surface area contributed by atoms with Crippen molar-refractivity contribution >= 4 is 27.3 Å². The number of hydrogen-bond donors (Lipinski definition) is 1. The molecular formula is C15H16F2N2O4S. The Labute approximate surface area is 137 Å². The van der Waals surface area contributed by atoms with E-state index >= 15 is 0 Å². The average Bonchev–Trinajstić information content (AvgIpc) is 3.05. The lowest BCUT2D eigenvalue weighted by atomic mass is 10.1. The molecule has 1 N–H and O–H groups in total. The van der Waals surface area contributed by atoms with Gasteiger partial charge in [0, 0.05) is 30.8 Å². The van der Waals surface area contributed by atoms with E-state index in [0.29, 0.717) is 6.42 Å². The summed E-state index contributed by atoms with van der Waals surface area (Å²) in [7, 11) is -3.12. The lowest BCUT2D eigenvalue weighted by Gasteiger charge is -2.22. The number of carbonyl (C=O) groups excluding carboxylic acids is 2. The van der Waals surface area contributed by atoms with Crippen LogP contribution in [0.2, 0.25) is 0 Å². The number of anilines is 1. The van der Waals surface area contributed by atoms with Crippen LogP contribution in [0.4, 0.5) is 14.5 Å². The molecule has 6 nitrogen and oxygen atoms in total. The second kappa shape index (κ2) is 6.12. The Balaban J connectivity index is 1.64. The highest BCUT2D eigenvalue weighted by molar-refractivity contribution is 7.91. The van der Waals surface area contributed by atoms with Gasteiger partial charge in [-0.3, -0.25) is 9.59 Å². The van der Waals surface area contributed by atoms with Gasteiger partial charge in [-0.25, -0.2) is 17.2 Å². The molecule has 1 aromatic rings. The van der Waals surface area contributed by atoms with E-state index in [4.69, 9.17) is 0 Å². The second-order valence-electron chi connectivity index (χ2n) is 6.12. The molecule has 2 amide bonds. The maximum atomic E-state index is 13.2. The fourth-order valence-electron chi connectivity index (χ4n) is 3.10. The molecule has 0 aromatic heterocycles. The van der Waals surface area contributed by atoms with Crippen LogP contribution in [0, 0.1) is 17.6 Å². The van der Waals surface area contributed by atoms with E-state index in [-0.39, 0.29) is 42.1 Å². The summed E-state index contributed by atoms with van der Waals surface area (Å²) in [6, 6.07) is 2.61. The number of benzene rings is 1. The summed E-state index contributed by atoms with van der Waals surface area (Å²) in [6.07, 6.45) is 0.359. The minimum Gasteiger partial charge on any atom is -0.338 e. The van der Waals surface area contributed by atoms with Crippen molar-refractivity contribution in [1.82, 2.24) is 4.90 Å². The molecule has 2 fully saturated rings. The van der Waals surface area contributed by atoms with Gasteiger partial charge in [0.1, 0.15) is 0 Å². The van der Waals surface area contributed by atoms with E-state index in [2.05, 4.69) is 5.32 Å². The molecule has 0 aliphatic carbocycles. The Morgan fingerprint density at radius 3 is 2.62 bits per heavy atom. The van der Waals surface area contributed by atoms with Gasteiger partial charge in [0.05, 0.1) is 17.4 Å². The molecule has 2 unspecified atom stereocenters. The number of nitrogens with zero attached hydrogens (tertiary/aromatic N) is 1. The van der Waals surface area contributed by atoms with E-state index in [1.807, 2.05) is 0 Å². The van der Waals surface area contributed by atoms with Crippen LogP contribution in [0.15, 0.2) is 18.2 Å². The Morgan fingerprint density at radius 1 is 1.25 bits per heavy atom. The smallest absolute Gasteiger partial charge is 0.229 e. The van der Waals surface area contributed by atoms with Gasteiger partial charge in [-0.2, -0.15) is 0 Å². The summed E-state index contributed by atoms with van der Waals surface area (Å²) in [5.74, 6) is -3.50. The Bertz CT molecular complexity index is 797. The molecule has 24 heavy (non-hydrogen) atoms. The lowest BCUT2D eigenvalue weighted by molar-refractivity contribution is -0.129. The number of nitrogens with one attached hydrogen (secondary N) is 1. The minimum absolute atomic E-state index is 0.0218. The van der Waals surface area contributed by atoms with Gasteiger partial charge >= 0.3 is 0 Å². The third kappa shape index (κ3) is 3.40. The fourth-order valence-corrected chi connectivity index (χ4v) is 4.83. The van der Waals surface area contributed by atoms with Crippen molar-refractivity contribution in [3.63, 3.8) is 0 Å². The number of amides is 2. The third-order valence-corrected chi connectivity index (χ3v) is 6.12. The molecule has 1 aromatic carbocycles. The van der Waals surface area contributed by atoms with Gasteiger partial charge < -0.3 is 10.2 Å². The third-order valence-electron chi connectivity index (χ3n) is 4.37. The zero-order valence-corrected chi connectivity index (χ0v) is 13.5. The van der Waals surface area contributed by atoms with Crippen LogP contribution in [-0.4, -0.2) is 49.2 Å². The largest absolute Gasteiger partial charge is 0.338 e. The number of likely N-dealkylation sites (tertiary alicyclic amines) is 1. The number of hydrogen-bond acceptors (Lipinski definition) is 4. The van der Waals surface area contributed by atoms with Gasteiger partial charge in [-0.15, -0.1) is 0 Å². The van der Waals surface area contributed by atoms with Gasteiger partial charge in [0.2, 0.25) is 11.8 Å². The maximum absolute atomic E-state index is 13.2. The van der Waals surface area contributed by atoms with Crippen LogP contribution in [-0.2, 0) is 19.4 Å². The lowest BCUT2D eigenvalue weighted by Crippen LogP contribution is -2.38. The van der Waals surface area contributed by atoms with E-state index < -0.39 is 33.3 Å². The first kappa shape index (κ1) is 16.8.